The fraction of sp³-hybridized carbons (Fsp3) is 0.364. The molecule has 0 saturated heterocycles. The van der Waals surface area contributed by atoms with Crippen LogP contribution < -0.4 is 5.32 Å². The summed E-state index contributed by atoms with van der Waals surface area (Å²) < 4.78 is 11.8. The first-order valence-corrected chi connectivity index (χ1v) is 4.77. The number of hydrogen-bond donors (Lipinski definition) is 2. The summed E-state index contributed by atoms with van der Waals surface area (Å²) in [5.74, 6) is -0.582. The maximum Gasteiger partial charge on any atom is 0.251 e. The topological polar surface area (TPSA) is 49.3 Å². The van der Waals surface area contributed by atoms with Crippen LogP contribution in [0.5, 0.6) is 0 Å². The largest absolute Gasteiger partial charge is 0.392 e. The lowest BCUT2D eigenvalue weighted by Crippen LogP contribution is -2.26. The van der Waals surface area contributed by atoms with Crippen LogP contribution in [0.3, 0.4) is 0 Å². The molecule has 15 heavy (non-hydrogen) atoms. The molecule has 82 valence electrons. The molecule has 0 heterocycles. The van der Waals surface area contributed by atoms with Crippen molar-refractivity contribution in [1.29, 1.82) is 0 Å². The molecule has 0 aromatic heterocycles. The second-order valence-corrected chi connectivity index (χ2v) is 3.21. The summed E-state index contributed by atoms with van der Waals surface area (Å²) >= 11 is 0. The molecule has 0 aliphatic heterocycles. The summed E-state index contributed by atoms with van der Waals surface area (Å²) in [6, 6.07) is 7.42. The fourth-order valence-electron chi connectivity index (χ4n) is 1.20. The van der Waals surface area contributed by atoms with Crippen LogP contribution in [0.25, 0.3) is 0 Å². The molecular formula is C11H14FNO2. The lowest BCUT2D eigenvalue weighted by Gasteiger charge is -2.03. The second kappa shape index (κ2) is 6.14. The van der Waals surface area contributed by atoms with E-state index in [0.717, 1.165) is 11.1 Å². The normalized spacial score (nSPS) is 10.0. The number of carbonyl (C=O) groups is 1. The summed E-state index contributed by atoms with van der Waals surface area (Å²) in [6.45, 7) is -0.510. The highest BCUT2D eigenvalue weighted by molar-refractivity contribution is 5.76. The molecule has 1 rings (SSSR count). The van der Waals surface area contributed by atoms with Gasteiger partial charge in [0.05, 0.1) is 6.61 Å². The smallest absolute Gasteiger partial charge is 0.251 e. The van der Waals surface area contributed by atoms with Gasteiger partial charge in [0.1, 0.15) is 0 Å². The van der Waals surface area contributed by atoms with Crippen molar-refractivity contribution in [3.63, 3.8) is 0 Å². The van der Waals surface area contributed by atoms with Gasteiger partial charge < -0.3 is 10.4 Å². The maximum atomic E-state index is 11.8. The van der Waals surface area contributed by atoms with Gasteiger partial charge in [-0.3, -0.25) is 4.79 Å². The minimum absolute atomic E-state index is 0.0267. The predicted octanol–water partition coefficient (Wildman–Crippen LogP) is 0.807. The molecule has 0 radical (unpaired) electrons. The molecule has 0 fully saturated rings. The highest BCUT2D eigenvalue weighted by Crippen LogP contribution is 2.04. The molecular weight excluding hydrogens is 197 g/mol. The van der Waals surface area contributed by atoms with E-state index in [9.17, 15) is 9.18 Å². The Hall–Kier alpha value is -1.42. The summed E-state index contributed by atoms with van der Waals surface area (Å²) in [6.07, 6.45) is 0.664. The van der Waals surface area contributed by atoms with Gasteiger partial charge in [0.2, 0.25) is 0 Å². The van der Waals surface area contributed by atoms with Crippen LogP contribution in [0.1, 0.15) is 11.1 Å². The Kier molecular flexibility index (Phi) is 4.77. The van der Waals surface area contributed by atoms with Gasteiger partial charge >= 0.3 is 0 Å². The average Bonchev–Trinajstić information content (AvgIpc) is 2.29. The van der Waals surface area contributed by atoms with E-state index in [1.165, 1.54) is 0 Å². The summed E-state index contributed by atoms with van der Waals surface area (Å²) in [5.41, 5.74) is 1.90. The van der Waals surface area contributed by atoms with Crippen molar-refractivity contribution in [2.45, 2.75) is 13.0 Å². The van der Waals surface area contributed by atoms with E-state index in [0.29, 0.717) is 13.0 Å². The maximum absolute atomic E-state index is 11.8. The third-order valence-corrected chi connectivity index (χ3v) is 2.06. The first-order valence-electron chi connectivity index (χ1n) is 4.77. The molecule has 0 atom stereocenters. The fourth-order valence-corrected chi connectivity index (χ4v) is 1.20. The molecule has 4 heteroatoms. The molecule has 0 spiro atoms. The lowest BCUT2D eigenvalue weighted by atomic mass is 10.1. The highest BCUT2D eigenvalue weighted by atomic mass is 19.1. The Bertz CT molecular complexity index is 311. The molecule has 0 bridgehead atoms. The number of benzene rings is 1. The van der Waals surface area contributed by atoms with E-state index in [1.807, 2.05) is 24.3 Å². The number of aliphatic hydroxyl groups excluding tert-OH is 1. The Morgan fingerprint density at radius 2 is 1.87 bits per heavy atom. The minimum atomic E-state index is -0.969. The number of hydrogen-bond acceptors (Lipinski definition) is 2. The molecule has 2 N–H and O–H groups in total. The van der Waals surface area contributed by atoms with E-state index < -0.39 is 12.6 Å². The van der Waals surface area contributed by atoms with E-state index in [4.69, 9.17) is 5.11 Å². The van der Waals surface area contributed by atoms with Crippen molar-refractivity contribution in [2.75, 3.05) is 13.2 Å². The predicted molar refractivity (Wildman–Crippen MR) is 55.1 cm³/mol. The van der Waals surface area contributed by atoms with Crippen LogP contribution in [-0.2, 0) is 17.8 Å². The van der Waals surface area contributed by atoms with Crippen molar-refractivity contribution in [2.24, 2.45) is 0 Å². The SMILES string of the molecule is O=C(CF)NCCc1ccc(CO)cc1. The van der Waals surface area contributed by atoms with Gasteiger partial charge in [0, 0.05) is 6.54 Å². The number of rotatable bonds is 5. The number of carbonyl (C=O) groups excluding carboxylic acids is 1. The quantitative estimate of drug-likeness (QED) is 0.757. The molecule has 0 unspecified atom stereocenters. The zero-order valence-electron chi connectivity index (χ0n) is 8.37. The van der Waals surface area contributed by atoms with Crippen molar-refractivity contribution in [1.82, 2.24) is 5.32 Å². The van der Waals surface area contributed by atoms with Gasteiger partial charge in [-0.2, -0.15) is 0 Å². The number of aliphatic hydroxyl groups is 1. The van der Waals surface area contributed by atoms with Crippen LogP contribution in [-0.4, -0.2) is 24.2 Å². The molecule has 0 aliphatic rings. The second-order valence-electron chi connectivity index (χ2n) is 3.21. The molecule has 3 nitrogen and oxygen atoms in total. The van der Waals surface area contributed by atoms with Gasteiger partial charge in [-0.1, -0.05) is 24.3 Å². The zero-order chi connectivity index (χ0) is 11.1. The van der Waals surface area contributed by atoms with Crippen LogP contribution in [0.2, 0.25) is 0 Å². The van der Waals surface area contributed by atoms with Crippen molar-refractivity contribution >= 4 is 5.91 Å². The monoisotopic (exact) mass is 211 g/mol. The van der Waals surface area contributed by atoms with Gasteiger partial charge in [-0.25, -0.2) is 4.39 Å². The Morgan fingerprint density at radius 3 is 2.40 bits per heavy atom. The van der Waals surface area contributed by atoms with Crippen molar-refractivity contribution < 1.29 is 14.3 Å². The van der Waals surface area contributed by atoms with Crippen LogP contribution >= 0.6 is 0 Å². The molecule has 1 aromatic rings. The van der Waals surface area contributed by atoms with Crippen LogP contribution in [0, 0.1) is 0 Å². The summed E-state index contributed by atoms with van der Waals surface area (Å²) in [5, 5.41) is 11.3. The first-order chi connectivity index (χ1) is 7.26. The molecule has 0 saturated carbocycles. The average molecular weight is 211 g/mol. The summed E-state index contributed by atoms with van der Waals surface area (Å²) in [7, 11) is 0. The van der Waals surface area contributed by atoms with Gasteiger partial charge in [-0.15, -0.1) is 0 Å². The Morgan fingerprint density at radius 1 is 1.27 bits per heavy atom. The van der Waals surface area contributed by atoms with E-state index in [-0.39, 0.29) is 6.61 Å². The standard InChI is InChI=1S/C11H14FNO2/c12-7-11(15)13-6-5-9-1-3-10(8-14)4-2-9/h1-4,14H,5-8H2,(H,13,15). The van der Waals surface area contributed by atoms with Crippen molar-refractivity contribution in [3.8, 4) is 0 Å². The van der Waals surface area contributed by atoms with Crippen LogP contribution in [0.15, 0.2) is 24.3 Å². The molecule has 0 aliphatic carbocycles. The van der Waals surface area contributed by atoms with Gasteiger partial charge in [-0.05, 0) is 17.5 Å². The Labute approximate surface area is 87.9 Å². The highest BCUT2D eigenvalue weighted by Gasteiger charge is 1.98. The van der Waals surface area contributed by atoms with E-state index >= 15 is 0 Å². The minimum Gasteiger partial charge on any atom is -0.392 e. The third kappa shape index (κ3) is 4.08. The molecule has 1 aromatic carbocycles. The van der Waals surface area contributed by atoms with E-state index in [1.54, 1.807) is 0 Å². The zero-order valence-corrected chi connectivity index (χ0v) is 8.37. The number of alkyl halides is 1. The van der Waals surface area contributed by atoms with Gasteiger partial charge in [0.25, 0.3) is 5.91 Å². The van der Waals surface area contributed by atoms with Crippen LogP contribution in [0.4, 0.5) is 4.39 Å². The third-order valence-electron chi connectivity index (χ3n) is 2.06. The number of halogens is 1. The lowest BCUT2D eigenvalue weighted by molar-refractivity contribution is -0.121. The first kappa shape index (κ1) is 11.7. The number of amides is 1. The van der Waals surface area contributed by atoms with E-state index in [2.05, 4.69) is 5.32 Å². The molecule has 1 amide bonds. The number of nitrogens with one attached hydrogen (secondary N) is 1. The summed E-state index contributed by atoms with van der Waals surface area (Å²) in [4.78, 5) is 10.6. The van der Waals surface area contributed by atoms with Gasteiger partial charge in [0.15, 0.2) is 6.67 Å². The Balaban J connectivity index is 2.34. The van der Waals surface area contributed by atoms with Crippen molar-refractivity contribution in [3.05, 3.63) is 35.4 Å².